The van der Waals surface area contributed by atoms with Gasteiger partial charge in [-0.2, -0.15) is 0 Å². The molecule has 0 spiro atoms. The summed E-state index contributed by atoms with van der Waals surface area (Å²) in [5, 5.41) is 9.64. The minimum Gasteiger partial charge on any atom is -0.490 e. The van der Waals surface area contributed by atoms with E-state index in [-0.39, 0.29) is 37.3 Å². The van der Waals surface area contributed by atoms with E-state index in [0.29, 0.717) is 11.3 Å². The second-order valence-corrected chi connectivity index (χ2v) is 5.30. The van der Waals surface area contributed by atoms with Crippen molar-refractivity contribution in [1.82, 2.24) is 0 Å². The minimum absolute atomic E-state index is 0.139. The van der Waals surface area contributed by atoms with Crippen molar-refractivity contribution in [2.75, 3.05) is 19.1 Å². The first-order chi connectivity index (χ1) is 9.84. The van der Waals surface area contributed by atoms with Crippen LogP contribution in [0.25, 0.3) is 0 Å². The van der Waals surface area contributed by atoms with E-state index in [2.05, 4.69) is 0 Å². The highest BCUT2D eigenvalue weighted by Crippen LogP contribution is 2.17. The van der Waals surface area contributed by atoms with Gasteiger partial charge in [0.05, 0.1) is 6.42 Å². The Morgan fingerprint density at radius 3 is 2.33 bits per heavy atom. The van der Waals surface area contributed by atoms with Crippen LogP contribution in [0.15, 0.2) is 24.3 Å². The van der Waals surface area contributed by atoms with Crippen molar-refractivity contribution in [2.24, 2.45) is 0 Å². The van der Waals surface area contributed by atoms with Gasteiger partial charge in [0.1, 0.15) is 24.6 Å². The summed E-state index contributed by atoms with van der Waals surface area (Å²) in [7, 11) is 0. The van der Waals surface area contributed by atoms with Crippen LogP contribution in [-0.4, -0.2) is 41.6 Å². The van der Waals surface area contributed by atoms with E-state index in [0.717, 1.165) is 0 Å². The molecule has 0 aliphatic rings. The highest BCUT2D eigenvalue weighted by atomic mass is 35.5. The average molecular weight is 315 g/mol. The zero-order valence-corrected chi connectivity index (χ0v) is 12.9. The first kappa shape index (κ1) is 17.5. The minimum atomic E-state index is -1.40. The molecule has 0 amide bonds. The van der Waals surface area contributed by atoms with Crippen LogP contribution in [0, 0.1) is 0 Å². The van der Waals surface area contributed by atoms with Crippen molar-refractivity contribution in [3.05, 3.63) is 29.8 Å². The number of Topliss-reactive ketones (excluding diaryl/α,β-unsaturated/α-hetero) is 1. The summed E-state index contributed by atoms with van der Waals surface area (Å²) in [5.74, 6) is 0.0654. The molecule has 6 heteroatoms. The Morgan fingerprint density at radius 1 is 1.19 bits per heavy atom. The van der Waals surface area contributed by atoms with Crippen LogP contribution in [0.3, 0.4) is 0 Å². The van der Waals surface area contributed by atoms with Crippen molar-refractivity contribution >= 4 is 23.4 Å². The molecule has 0 saturated carbocycles. The highest BCUT2D eigenvalue weighted by Gasteiger charge is 2.24. The van der Waals surface area contributed by atoms with E-state index in [1.165, 1.54) is 13.8 Å². The third-order valence-corrected chi connectivity index (χ3v) is 2.77. The fourth-order valence-electron chi connectivity index (χ4n) is 1.52. The molecule has 116 valence electrons. The van der Waals surface area contributed by atoms with Crippen molar-refractivity contribution in [1.29, 1.82) is 0 Å². The van der Waals surface area contributed by atoms with E-state index >= 15 is 0 Å². The predicted octanol–water partition coefficient (Wildman–Crippen LogP) is 2.19. The lowest BCUT2D eigenvalue weighted by Gasteiger charge is -2.15. The van der Waals surface area contributed by atoms with Gasteiger partial charge >= 0.3 is 5.97 Å². The number of hydrogen-bond donors (Lipinski definition) is 1. The second-order valence-electron chi connectivity index (χ2n) is 4.92. The molecule has 0 aromatic heterocycles. The number of alkyl halides is 1. The molecule has 1 aromatic rings. The summed E-state index contributed by atoms with van der Waals surface area (Å²) in [6, 6.07) is 6.41. The normalized spacial score (nSPS) is 11.0. The predicted molar refractivity (Wildman–Crippen MR) is 78.9 cm³/mol. The first-order valence-electron chi connectivity index (χ1n) is 6.56. The number of hydrogen-bond acceptors (Lipinski definition) is 5. The lowest BCUT2D eigenvalue weighted by molar-refractivity contribution is -0.143. The SMILES string of the molecule is CC(C)(O)C(=O)c1ccc(OCCOC(=O)CCCl)cc1. The fourth-order valence-corrected chi connectivity index (χ4v) is 1.67. The lowest BCUT2D eigenvalue weighted by Crippen LogP contribution is -2.30. The van der Waals surface area contributed by atoms with E-state index in [4.69, 9.17) is 21.1 Å². The molecular weight excluding hydrogens is 296 g/mol. The number of rotatable bonds is 8. The van der Waals surface area contributed by atoms with Gasteiger partial charge in [-0.1, -0.05) is 0 Å². The van der Waals surface area contributed by atoms with Crippen molar-refractivity contribution in [3.63, 3.8) is 0 Å². The molecule has 21 heavy (non-hydrogen) atoms. The van der Waals surface area contributed by atoms with E-state index < -0.39 is 5.60 Å². The first-order valence-corrected chi connectivity index (χ1v) is 7.09. The quantitative estimate of drug-likeness (QED) is 0.345. The second kappa shape index (κ2) is 8.00. The average Bonchev–Trinajstić information content (AvgIpc) is 2.43. The topological polar surface area (TPSA) is 72.8 Å². The Hall–Kier alpha value is -1.59. The van der Waals surface area contributed by atoms with Crippen LogP contribution >= 0.6 is 11.6 Å². The van der Waals surface area contributed by atoms with Crippen LogP contribution in [0.2, 0.25) is 0 Å². The molecule has 0 radical (unpaired) electrons. The van der Waals surface area contributed by atoms with Crippen molar-refractivity contribution in [3.8, 4) is 5.75 Å². The van der Waals surface area contributed by atoms with E-state index in [9.17, 15) is 14.7 Å². The molecule has 1 rings (SSSR count). The van der Waals surface area contributed by atoms with Crippen molar-refractivity contribution < 1.29 is 24.2 Å². The number of carbonyl (C=O) groups excluding carboxylic acids is 2. The van der Waals surface area contributed by atoms with Gasteiger partial charge < -0.3 is 14.6 Å². The molecular formula is C15H19ClO5. The largest absolute Gasteiger partial charge is 0.490 e. The Bertz CT molecular complexity index is 476. The van der Waals surface area contributed by atoms with Gasteiger partial charge in [-0.25, -0.2) is 0 Å². The van der Waals surface area contributed by atoms with E-state index in [1.807, 2.05) is 0 Å². The standard InChI is InChI=1S/C15H19ClO5/c1-15(2,19)14(18)11-3-5-12(6-4-11)20-9-10-21-13(17)7-8-16/h3-6,19H,7-10H2,1-2H3. The molecule has 1 aromatic carbocycles. The number of aliphatic hydroxyl groups is 1. The number of halogens is 1. The Labute approximate surface area is 128 Å². The monoisotopic (exact) mass is 314 g/mol. The van der Waals surface area contributed by atoms with Crippen molar-refractivity contribution in [2.45, 2.75) is 25.9 Å². The Kier molecular flexibility index (Phi) is 6.65. The number of carbonyl (C=O) groups is 2. The molecule has 0 fully saturated rings. The van der Waals surface area contributed by atoms with Gasteiger partial charge in [0, 0.05) is 11.4 Å². The molecule has 5 nitrogen and oxygen atoms in total. The van der Waals surface area contributed by atoms with Crippen LogP contribution in [0.5, 0.6) is 5.75 Å². The maximum absolute atomic E-state index is 11.8. The number of ketones is 1. The van der Waals surface area contributed by atoms with Gasteiger partial charge in [-0.05, 0) is 38.1 Å². The molecule has 0 unspecified atom stereocenters. The molecule has 1 N–H and O–H groups in total. The van der Waals surface area contributed by atoms with Gasteiger partial charge in [-0.15, -0.1) is 11.6 Å². The summed E-state index contributed by atoms with van der Waals surface area (Å²) in [4.78, 5) is 22.9. The summed E-state index contributed by atoms with van der Waals surface area (Å²) < 4.78 is 10.2. The molecule has 0 heterocycles. The number of ether oxygens (including phenoxy) is 2. The third-order valence-electron chi connectivity index (χ3n) is 2.59. The third kappa shape index (κ3) is 6.14. The van der Waals surface area contributed by atoms with Gasteiger partial charge in [0.2, 0.25) is 0 Å². The molecule has 0 bridgehead atoms. The molecule has 0 atom stereocenters. The highest BCUT2D eigenvalue weighted by molar-refractivity contribution is 6.18. The lowest BCUT2D eigenvalue weighted by atomic mass is 9.97. The van der Waals surface area contributed by atoms with Gasteiger partial charge in [0.15, 0.2) is 5.78 Å². The van der Waals surface area contributed by atoms with Crippen LogP contribution in [0.1, 0.15) is 30.6 Å². The Morgan fingerprint density at radius 2 is 1.81 bits per heavy atom. The number of benzene rings is 1. The van der Waals surface area contributed by atoms with Gasteiger partial charge in [-0.3, -0.25) is 9.59 Å². The molecule has 0 aliphatic heterocycles. The zero-order chi connectivity index (χ0) is 15.9. The van der Waals surface area contributed by atoms with Crippen LogP contribution in [-0.2, 0) is 9.53 Å². The summed E-state index contributed by atoms with van der Waals surface area (Å²) >= 11 is 5.40. The van der Waals surface area contributed by atoms with Crippen LogP contribution in [0.4, 0.5) is 0 Å². The maximum atomic E-state index is 11.8. The smallest absolute Gasteiger partial charge is 0.307 e. The number of esters is 1. The molecule has 0 saturated heterocycles. The molecule has 0 aliphatic carbocycles. The summed E-state index contributed by atoms with van der Waals surface area (Å²) in [6.07, 6.45) is 0.176. The zero-order valence-electron chi connectivity index (χ0n) is 12.1. The fraction of sp³-hybridized carbons (Fsp3) is 0.467. The summed E-state index contributed by atoms with van der Waals surface area (Å²) in [6.45, 7) is 3.23. The van der Waals surface area contributed by atoms with E-state index in [1.54, 1.807) is 24.3 Å². The summed E-state index contributed by atoms with van der Waals surface area (Å²) in [5.41, 5.74) is -0.998. The Balaban J connectivity index is 2.42. The maximum Gasteiger partial charge on any atom is 0.307 e. The van der Waals surface area contributed by atoms with Gasteiger partial charge in [0.25, 0.3) is 0 Å². The van der Waals surface area contributed by atoms with Crippen LogP contribution < -0.4 is 4.74 Å².